The summed E-state index contributed by atoms with van der Waals surface area (Å²) in [4.78, 5) is 10.4. The van der Waals surface area contributed by atoms with Crippen molar-refractivity contribution in [2.24, 2.45) is 5.92 Å². The average molecular weight is 280 g/mol. The first-order valence-electron chi connectivity index (χ1n) is 8.54. The Morgan fingerprint density at radius 1 is 0.750 bits per heavy atom. The molecule has 0 aromatic rings. The summed E-state index contributed by atoms with van der Waals surface area (Å²) in [6, 6.07) is 0.867. The molecule has 1 atom stereocenters. The van der Waals surface area contributed by atoms with Crippen molar-refractivity contribution >= 4 is 0 Å². The minimum absolute atomic E-state index is 0.867. The van der Waals surface area contributed by atoms with E-state index in [1.54, 1.807) is 0 Å². The first-order chi connectivity index (χ1) is 9.70. The van der Waals surface area contributed by atoms with Crippen molar-refractivity contribution in [1.82, 2.24) is 19.6 Å². The lowest BCUT2D eigenvalue weighted by Crippen LogP contribution is -2.52. The second-order valence-electron chi connectivity index (χ2n) is 7.29. The van der Waals surface area contributed by atoms with Gasteiger partial charge in [-0.05, 0) is 58.9 Å². The van der Waals surface area contributed by atoms with Gasteiger partial charge in [0, 0.05) is 45.3 Å². The minimum Gasteiger partial charge on any atom is -0.306 e. The van der Waals surface area contributed by atoms with Gasteiger partial charge in [0.25, 0.3) is 0 Å². The van der Waals surface area contributed by atoms with Gasteiger partial charge in [0.15, 0.2) is 0 Å². The molecule has 3 heterocycles. The Hall–Kier alpha value is -0.160. The molecular weight excluding hydrogens is 248 g/mol. The molecule has 4 heteroatoms. The van der Waals surface area contributed by atoms with Crippen molar-refractivity contribution in [2.75, 3.05) is 73.0 Å². The van der Waals surface area contributed by atoms with E-state index in [1.807, 2.05) is 0 Å². The Labute approximate surface area is 124 Å². The SMILES string of the molecule is CN1CCN(C2CCN(C[C@H]3CCN(C)C3)CC2)CC1. The standard InChI is InChI=1S/C16H32N4/c1-17-9-11-20(12-10-17)16-4-7-19(8-5-16)14-15-3-6-18(2)13-15/h15-16H,3-14H2,1-2H3/t15-/m0/s1. The summed E-state index contributed by atoms with van der Waals surface area (Å²) in [5.74, 6) is 0.931. The number of hydrogen-bond donors (Lipinski definition) is 0. The lowest BCUT2D eigenvalue weighted by atomic mass is 10.00. The van der Waals surface area contributed by atoms with Gasteiger partial charge in [0.05, 0.1) is 0 Å². The molecular formula is C16H32N4. The Bertz CT molecular complexity index is 293. The van der Waals surface area contributed by atoms with E-state index in [2.05, 4.69) is 33.7 Å². The summed E-state index contributed by atoms with van der Waals surface area (Å²) >= 11 is 0. The van der Waals surface area contributed by atoms with Crippen LogP contribution in [-0.2, 0) is 0 Å². The van der Waals surface area contributed by atoms with E-state index in [0.29, 0.717) is 0 Å². The third-order valence-corrected chi connectivity index (χ3v) is 5.62. The molecule has 0 aliphatic carbocycles. The molecule has 0 radical (unpaired) electrons. The molecule has 3 fully saturated rings. The predicted octanol–water partition coefficient (Wildman–Crippen LogP) is 0.650. The fourth-order valence-corrected chi connectivity index (χ4v) is 4.19. The van der Waals surface area contributed by atoms with Crippen LogP contribution in [0.4, 0.5) is 0 Å². The fourth-order valence-electron chi connectivity index (χ4n) is 4.19. The highest BCUT2D eigenvalue weighted by atomic mass is 15.3. The molecule has 3 saturated heterocycles. The van der Waals surface area contributed by atoms with Crippen LogP contribution in [0.1, 0.15) is 19.3 Å². The number of likely N-dealkylation sites (N-methyl/N-ethyl adjacent to an activating group) is 1. The minimum atomic E-state index is 0.867. The number of piperidine rings is 1. The van der Waals surface area contributed by atoms with Gasteiger partial charge in [-0.25, -0.2) is 0 Å². The maximum absolute atomic E-state index is 2.75. The lowest BCUT2D eigenvalue weighted by Gasteiger charge is -2.42. The van der Waals surface area contributed by atoms with E-state index in [4.69, 9.17) is 0 Å². The summed E-state index contributed by atoms with van der Waals surface area (Å²) in [6.07, 6.45) is 4.20. The van der Waals surface area contributed by atoms with Crippen LogP contribution in [0, 0.1) is 5.92 Å². The molecule has 0 unspecified atom stereocenters. The lowest BCUT2D eigenvalue weighted by molar-refractivity contribution is 0.0636. The van der Waals surface area contributed by atoms with Crippen LogP contribution in [0.2, 0.25) is 0 Å². The molecule has 4 nitrogen and oxygen atoms in total. The Morgan fingerprint density at radius 3 is 2.05 bits per heavy atom. The largest absolute Gasteiger partial charge is 0.306 e. The fraction of sp³-hybridized carbons (Fsp3) is 1.00. The third-order valence-electron chi connectivity index (χ3n) is 5.62. The quantitative estimate of drug-likeness (QED) is 0.752. The van der Waals surface area contributed by atoms with E-state index < -0.39 is 0 Å². The van der Waals surface area contributed by atoms with E-state index in [1.165, 1.54) is 78.2 Å². The zero-order valence-electron chi connectivity index (χ0n) is 13.4. The van der Waals surface area contributed by atoms with E-state index in [0.717, 1.165) is 12.0 Å². The molecule has 0 saturated carbocycles. The van der Waals surface area contributed by atoms with Crippen LogP contribution in [0.5, 0.6) is 0 Å². The highest BCUT2D eigenvalue weighted by Gasteiger charge is 2.28. The summed E-state index contributed by atoms with van der Waals surface area (Å²) in [7, 11) is 4.51. The number of nitrogens with zero attached hydrogens (tertiary/aromatic N) is 4. The first kappa shape index (κ1) is 14.8. The molecule has 20 heavy (non-hydrogen) atoms. The zero-order valence-corrected chi connectivity index (χ0v) is 13.4. The second-order valence-corrected chi connectivity index (χ2v) is 7.29. The summed E-state index contributed by atoms with van der Waals surface area (Å²) < 4.78 is 0. The summed E-state index contributed by atoms with van der Waals surface area (Å²) in [5, 5.41) is 0. The molecule has 116 valence electrons. The van der Waals surface area contributed by atoms with Crippen LogP contribution in [0.15, 0.2) is 0 Å². The van der Waals surface area contributed by atoms with Crippen LogP contribution in [0.25, 0.3) is 0 Å². The summed E-state index contributed by atoms with van der Waals surface area (Å²) in [6.45, 7) is 11.7. The van der Waals surface area contributed by atoms with Crippen LogP contribution >= 0.6 is 0 Å². The maximum Gasteiger partial charge on any atom is 0.0121 e. The van der Waals surface area contributed by atoms with E-state index >= 15 is 0 Å². The Kier molecular flexibility index (Phi) is 4.97. The molecule has 0 aromatic carbocycles. The third kappa shape index (κ3) is 3.73. The Morgan fingerprint density at radius 2 is 1.45 bits per heavy atom. The van der Waals surface area contributed by atoms with Gasteiger partial charge < -0.3 is 14.7 Å². The number of likely N-dealkylation sites (tertiary alicyclic amines) is 2. The molecule has 3 aliphatic heterocycles. The summed E-state index contributed by atoms with van der Waals surface area (Å²) in [5.41, 5.74) is 0. The van der Waals surface area contributed by atoms with Crippen LogP contribution in [0.3, 0.4) is 0 Å². The van der Waals surface area contributed by atoms with Gasteiger partial charge in [-0.2, -0.15) is 0 Å². The topological polar surface area (TPSA) is 13.0 Å². The van der Waals surface area contributed by atoms with Gasteiger partial charge in [-0.1, -0.05) is 0 Å². The van der Waals surface area contributed by atoms with Gasteiger partial charge in [0.2, 0.25) is 0 Å². The molecule has 0 bridgehead atoms. The smallest absolute Gasteiger partial charge is 0.0121 e. The van der Waals surface area contributed by atoms with Gasteiger partial charge in [-0.15, -0.1) is 0 Å². The Balaban J connectivity index is 1.38. The van der Waals surface area contributed by atoms with E-state index in [9.17, 15) is 0 Å². The maximum atomic E-state index is 2.75. The molecule has 0 N–H and O–H groups in total. The van der Waals surface area contributed by atoms with Crippen molar-refractivity contribution in [1.29, 1.82) is 0 Å². The average Bonchev–Trinajstić information content (AvgIpc) is 2.86. The van der Waals surface area contributed by atoms with Gasteiger partial charge in [0.1, 0.15) is 0 Å². The molecule has 3 rings (SSSR count). The zero-order chi connectivity index (χ0) is 13.9. The van der Waals surface area contributed by atoms with Crippen molar-refractivity contribution < 1.29 is 0 Å². The van der Waals surface area contributed by atoms with Crippen LogP contribution in [-0.4, -0.2) is 98.6 Å². The van der Waals surface area contributed by atoms with Gasteiger partial charge >= 0.3 is 0 Å². The normalized spacial score (nSPS) is 33.0. The molecule has 0 aromatic heterocycles. The van der Waals surface area contributed by atoms with Gasteiger partial charge in [-0.3, -0.25) is 4.90 Å². The van der Waals surface area contributed by atoms with Crippen molar-refractivity contribution in [3.05, 3.63) is 0 Å². The molecule has 0 spiro atoms. The van der Waals surface area contributed by atoms with Crippen LogP contribution < -0.4 is 0 Å². The van der Waals surface area contributed by atoms with E-state index in [-0.39, 0.29) is 0 Å². The van der Waals surface area contributed by atoms with Crippen molar-refractivity contribution in [2.45, 2.75) is 25.3 Å². The molecule has 0 amide bonds. The number of hydrogen-bond acceptors (Lipinski definition) is 4. The second kappa shape index (κ2) is 6.73. The highest BCUT2D eigenvalue weighted by Crippen LogP contribution is 2.21. The highest BCUT2D eigenvalue weighted by molar-refractivity contribution is 4.84. The first-order valence-corrected chi connectivity index (χ1v) is 8.54. The van der Waals surface area contributed by atoms with Crippen molar-refractivity contribution in [3.8, 4) is 0 Å². The van der Waals surface area contributed by atoms with Crippen molar-refractivity contribution in [3.63, 3.8) is 0 Å². The predicted molar refractivity (Wildman–Crippen MR) is 84.1 cm³/mol. The monoisotopic (exact) mass is 280 g/mol. The number of rotatable bonds is 3. The molecule has 3 aliphatic rings. The number of piperazine rings is 1.